The molecule has 4 aromatic rings. The molecule has 0 aromatic carbocycles. The summed E-state index contributed by atoms with van der Waals surface area (Å²) in [6.07, 6.45) is 15.0. The van der Waals surface area contributed by atoms with E-state index in [0.29, 0.717) is 23.7 Å². The highest BCUT2D eigenvalue weighted by molar-refractivity contribution is 5.87. The lowest BCUT2D eigenvalue weighted by Gasteiger charge is -2.49. The van der Waals surface area contributed by atoms with Crippen molar-refractivity contribution < 1.29 is 0 Å². The predicted octanol–water partition coefficient (Wildman–Crippen LogP) is 3.52. The first-order chi connectivity index (χ1) is 16.1. The number of piperidine rings is 2. The number of hydrogen-bond donors (Lipinski definition) is 1. The summed E-state index contributed by atoms with van der Waals surface area (Å²) in [5.41, 5.74) is 11.5. The topological polar surface area (TPSA) is 101 Å². The third-order valence-corrected chi connectivity index (χ3v) is 7.10. The molecule has 166 valence electrons. The van der Waals surface area contributed by atoms with Crippen LogP contribution in [-0.4, -0.2) is 42.5 Å². The largest absolute Gasteiger partial charge is 0.351 e. The Labute approximate surface area is 192 Å². The number of hydrogen-bond acceptors (Lipinski definition) is 6. The first-order valence-corrected chi connectivity index (χ1v) is 11.5. The molecule has 33 heavy (non-hydrogen) atoms. The van der Waals surface area contributed by atoms with Gasteiger partial charge < -0.3 is 10.6 Å². The van der Waals surface area contributed by atoms with E-state index in [4.69, 9.17) is 10.7 Å². The van der Waals surface area contributed by atoms with Crippen LogP contribution in [0.3, 0.4) is 0 Å². The average molecular weight is 439 g/mol. The van der Waals surface area contributed by atoms with E-state index in [1.807, 2.05) is 31.8 Å². The summed E-state index contributed by atoms with van der Waals surface area (Å²) in [6, 6.07) is 9.86. The number of rotatable bonds is 3. The lowest BCUT2D eigenvalue weighted by Crippen LogP contribution is -2.55. The molecule has 6 heterocycles. The van der Waals surface area contributed by atoms with Gasteiger partial charge in [-0.2, -0.15) is 15.5 Å². The molecule has 2 saturated heterocycles. The number of anilines is 1. The lowest BCUT2D eigenvalue weighted by molar-refractivity contribution is 0.269. The summed E-state index contributed by atoms with van der Waals surface area (Å²) in [4.78, 5) is 7.39. The van der Waals surface area contributed by atoms with Gasteiger partial charge in [-0.1, -0.05) is 0 Å². The van der Waals surface area contributed by atoms with Crippen LogP contribution in [0.5, 0.6) is 0 Å². The summed E-state index contributed by atoms with van der Waals surface area (Å²) < 4.78 is 3.56. The molecule has 0 radical (unpaired) electrons. The van der Waals surface area contributed by atoms with Crippen LogP contribution < -0.4 is 10.6 Å². The maximum absolute atomic E-state index is 9.66. The van der Waals surface area contributed by atoms with Gasteiger partial charge in [0.1, 0.15) is 11.9 Å². The molecule has 3 atom stereocenters. The van der Waals surface area contributed by atoms with E-state index in [-0.39, 0.29) is 0 Å². The number of fused-ring (bicyclic) bond motifs is 3. The second-order valence-electron chi connectivity index (χ2n) is 9.29. The van der Waals surface area contributed by atoms with E-state index in [0.717, 1.165) is 46.4 Å². The highest BCUT2D eigenvalue weighted by atomic mass is 15.3. The Hall–Kier alpha value is -3.70. The highest BCUT2D eigenvalue weighted by Gasteiger charge is 2.37. The third kappa shape index (κ3) is 3.36. The fourth-order valence-electron chi connectivity index (χ4n) is 5.65. The van der Waals surface area contributed by atoms with Crippen molar-refractivity contribution in [2.45, 2.75) is 50.2 Å². The Morgan fingerprint density at radius 3 is 2.48 bits per heavy atom. The van der Waals surface area contributed by atoms with Crippen molar-refractivity contribution in [3.8, 4) is 28.3 Å². The SMILES string of the molecule is Cn1cc(-c2cc(-c3ccc(N4[C@@H]5CCC[C@H]4C[C@H](N)C5)nc3)c3c(C#N)cnn3c2)cn1. The summed E-state index contributed by atoms with van der Waals surface area (Å²) >= 11 is 0. The van der Waals surface area contributed by atoms with Crippen molar-refractivity contribution in [3.05, 3.63) is 54.7 Å². The Kier molecular flexibility index (Phi) is 4.66. The normalized spacial score (nSPS) is 22.5. The Morgan fingerprint density at radius 1 is 1.00 bits per heavy atom. The van der Waals surface area contributed by atoms with Crippen molar-refractivity contribution in [1.29, 1.82) is 5.26 Å². The molecule has 0 spiro atoms. The first kappa shape index (κ1) is 19.9. The molecule has 2 aliphatic heterocycles. The van der Waals surface area contributed by atoms with Crippen LogP contribution in [0.1, 0.15) is 37.7 Å². The number of nitriles is 1. The molecule has 0 saturated carbocycles. The van der Waals surface area contributed by atoms with Crippen molar-refractivity contribution in [2.75, 3.05) is 4.90 Å². The van der Waals surface area contributed by atoms with Gasteiger partial charge in [-0.15, -0.1) is 0 Å². The summed E-state index contributed by atoms with van der Waals surface area (Å²) in [6.45, 7) is 0. The van der Waals surface area contributed by atoms with Gasteiger partial charge in [0.25, 0.3) is 0 Å². The van der Waals surface area contributed by atoms with Crippen LogP contribution in [0.2, 0.25) is 0 Å². The van der Waals surface area contributed by atoms with E-state index in [1.54, 1.807) is 15.4 Å². The molecule has 0 amide bonds. The number of pyridine rings is 2. The maximum Gasteiger partial charge on any atom is 0.129 e. The summed E-state index contributed by atoms with van der Waals surface area (Å²) in [5, 5.41) is 18.4. The predicted molar refractivity (Wildman–Crippen MR) is 126 cm³/mol. The Bertz CT molecular complexity index is 1350. The average Bonchev–Trinajstić information content (AvgIpc) is 3.44. The fraction of sp³-hybridized carbons (Fsp3) is 0.360. The zero-order chi connectivity index (χ0) is 22.5. The van der Waals surface area contributed by atoms with Gasteiger partial charge in [0, 0.05) is 66.0 Å². The van der Waals surface area contributed by atoms with Crippen LogP contribution >= 0.6 is 0 Å². The minimum Gasteiger partial charge on any atom is -0.351 e. The molecule has 8 heteroatoms. The number of nitrogens with two attached hydrogens (primary N) is 1. The standard InChI is InChI=1S/C25H26N8/c1-31-14-19(13-29-31)17-7-23(25-18(10-26)12-30-32(25)15-17)16-5-6-24(28-11-16)33-21-3-2-4-22(33)9-20(27)8-21/h5-7,11-15,20-22H,2-4,8-9,27H2,1H3/t20-,21-,22+. The molecule has 0 aliphatic carbocycles. The van der Waals surface area contributed by atoms with Gasteiger partial charge in [0.2, 0.25) is 0 Å². The van der Waals surface area contributed by atoms with Gasteiger partial charge in [0.05, 0.1) is 23.5 Å². The third-order valence-electron chi connectivity index (χ3n) is 7.10. The van der Waals surface area contributed by atoms with Crippen LogP contribution in [0, 0.1) is 11.3 Å². The number of aryl methyl sites for hydroxylation is 1. The zero-order valence-corrected chi connectivity index (χ0v) is 18.6. The molecular weight excluding hydrogens is 412 g/mol. The highest BCUT2D eigenvalue weighted by Crippen LogP contribution is 2.38. The quantitative estimate of drug-likeness (QED) is 0.525. The maximum atomic E-state index is 9.66. The van der Waals surface area contributed by atoms with Gasteiger partial charge in [-0.25, -0.2) is 9.50 Å². The van der Waals surface area contributed by atoms with Crippen molar-refractivity contribution in [3.63, 3.8) is 0 Å². The summed E-state index contributed by atoms with van der Waals surface area (Å²) in [7, 11) is 1.90. The number of aromatic nitrogens is 5. The van der Waals surface area contributed by atoms with Crippen molar-refractivity contribution in [2.24, 2.45) is 12.8 Å². The second-order valence-corrected chi connectivity index (χ2v) is 9.29. The van der Waals surface area contributed by atoms with E-state index >= 15 is 0 Å². The van der Waals surface area contributed by atoms with Gasteiger partial charge in [-0.3, -0.25) is 4.68 Å². The summed E-state index contributed by atoms with van der Waals surface area (Å²) in [5.74, 6) is 1.02. The van der Waals surface area contributed by atoms with Crippen molar-refractivity contribution >= 4 is 11.3 Å². The minimum absolute atomic E-state index is 0.297. The molecule has 4 aromatic heterocycles. The lowest BCUT2D eigenvalue weighted by atomic mass is 9.82. The smallest absolute Gasteiger partial charge is 0.129 e. The van der Waals surface area contributed by atoms with Gasteiger partial charge >= 0.3 is 0 Å². The zero-order valence-electron chi connectivity index (χ0n) is 18.6. The monoisotopic (exact) mass is 438 g/mol. The molecule has 2 N–H and O–H groups in total. The molecule has 2 bridgehead atoms. The van der Waals surface area contributed by atoms with Crippen LogP contribution in [0.4, 0.5) is 5.82 Å². The van der Waals surface area contributed by atoms with Gasteiger partial charge in [-0.05, 0) is 50.3 Å². The molecule has 2 aliphatic rings. The van der Waals surface area contributed by atoms with E-state index in [2.05, 4.69) is 39.4 Å². The molecule has 6 rings (SSSR count). The van der Waals surface area contributed by atoms with Crippen LogP contribution in [-0.2, 0) is 7.05 Å². The number of nitrogens with zero attached hydrogens (tertiary/aromatic N) is 7. The molecular formula is C25H26N8. The van der Waals surface area contributed by atoms with Crippen molar-refractivity contribution in [1.82, 2.24) is 24.4 Å². The first-order valence-electron chi connectivity index (χ1n) is 11.5. The minimum atomic E-state index is 0.297. The molecule has 2 fully saturated rings. The van der Waals surface area contributed by atoms with E-state index in [9.17, 15) is 5.26 Å². The Balaban J connectivity index is 1.43. The van der Waals surface area contributed by atoms with E-state index in [1.165, 1.54) is 19.3 Å². The second kappa shape index (κ2) is 7.71. The fourth-order valence-corrected chi connectivity index (χ4v) is 5.65. The van der Waals surface area contributed by atoms with Crippen LogP contribution in [0.15, 0.2) is 49.2 Å². The van der Waals surface area contributed by atoms with E-state index < -0.39 is 0 Å². The Morgan fingerprint density at radius 2 is 1.82 bits per heavy atom. The molecule has 0 unspecified atom stereocenters. The van der Waals surface area contributed by atoms with Gasteiger partial charge in [0.15, 0.2) is 0 Å². The van der Waals surface area contributed by atoms with Crippen LogP contribution in [0.25, 0.3) is 27.8 Å². The molecule has 8 nitrogen and oxygen atoms in total.